The lowest BCUT2D eigenvalue weighted by Gasteiger charge is -2.07. The van der Waals surface area contributed by atoms with Crippen LogP contribution in [-0.2, 0) is 17.9 Å². The molecule has 21 heavy (non-hydrogen) atoms. The largest absolute Gasteiger partial charge is 0.392 e. The Labute approximate surface area is 122 Å². The molecule has 0 heterocycles. The van der Waals surface area contributed by atoms with Gasteiger partial charge in [0.15, 0.2) is 0 Å². The SMILES string of the molecule is O=C(CNCc1ccc(CO)cc1)Nc1cccc(F)c1. The van der Waals surface area contributed by atoms with Crippen molar-refractivity contribution < 1.29 is 14.3 Å². The molecule has 1 amide bonds. The van der Waals surface area contributed by atoms with E-state index >= 15 is 0 Å². The van der Waals surface area contributed by atoms with E-state index in [0.717, 1.165) is 11.1 Å². The van der Waals surface area contributed by atoms with Crippen LogP contribution in [0.2, 0.25) is 0 Å². The van der Waals surface area contributed by atoms with Crippen LogP contribution in [0.4, 0.5) is 10.1 Å². The Morgan fingerprint density at radius 3 is 2.48 bits per heavy atom. The predicted octanol–water partition coefficient (Wildman–Crippen LogP) is 2.05. The second kappa shape index (κ2) is 7.52. The molecular weight excluding hydrogens is 271 g/mol. The van der Waals surface area contributed by atoms with E-state index in [1.807, 2.05) is 24.3 Å². The molecule has 0 fully saturated rings. The summed E-state index contributed by atoms with van der Waals surface area (Å²) < 4.78 is 13.0. The van der Waals surface area contributed by atoms with Gasteiger partial charge in [-0.3, -0.25) is 4.79 Å². The molecule has 0 aromatic heterocycles. The topological polar surface area (TPSA) is 61.4 Å². The van der Waals surface area contributed by atoms with Crippen LogP contribution in [0.3, 0.4) is 0 Å². The lowest BCUT2D eigenvalue weighted by atomic mass is 10.1. The predicted molar refractivity (Wildman–Crippen MR) is 79.1 cm³/mol. The Balaban J connectivity index is 1.76. The monoisotopic (exact) mass is 288 g/mol. The van der Waals surface area contributed by atoms with Crippen LogP contribution in [0.1, 0.15) is 11.1 Å². The summed E-state index contributed by atoms with van der Waals surface area (Å²) in [6.07, 6.45) is 0. The fraction of sp³-hybridized carbons (Fsp3) is 0.188. The first kappa shape index (κ1) is 15.2. The third kappa shape index (κ3) is 4.98. The molecule has 0 unspecified atom stereocenters. The van der Waals surface area contributed by atoms with Gasteiger partial charge in [0.25, 0.3) is 0 Å². The summed E-state index contributed by atoms with van der Waals surface area (Å²) in [6.45, 7) is 0.699. The van der Waals surface area contributed by atoms with Crippen molar-refractivity contribution in [2.24, 2.45) is 0 Å². The molecule has 0 saturated carbocycles. The summed E-state index contributed by atoms with van der Waals surface area (Å²) in [4.78, 5) is 11.7. The fourth-order valence-corrected chi connectivity index (χ4v) is 1.85. The number of aliphatic hydroxyl groups excluding tert-OH is 1. The van der Waals surface area contributed by atoms with E-state index in [9.17, 15) is 9.18 Å². The molecule has 5 heteroatoms. The van der Waals surface area contributed by atoms with Crippen molar-refractivity contribution in [2.75, 3.05) is 11.9 Å². The van der Waals surface area contributed by atoms with Gasteiger partial charge in [0.2, 0.25) is 5.91 Å². The summed E-state index contributed by atoms with van der Waals surface area (Å²) in [6, 6.07) is 13.2. The highest BCUT2D eigenvalue weighted by Gasteiger charge is 2.03. The van der Waals surface area contributed by atoms with Crippen LogP contribution in [0, 0.1) is 5.82 Å². The molecule has 0 bridgehead atoms. The third-order valence-electron chi connectivity index (χ3n) is 2.93. The number of aliphatic hydroxyl groups is 1. The van der Waals surface area contributed by atoms with Crippen molar-refractivity contribution in [2.45, 2.75) is 13.2 Å². The minimum absolute atomic E-state index is 0.0176. The minimum Gasteiger partial charge on any atom is -0.392 e. The smallest absolute Gasteiger partial charge is 0.238 e. The molecule has 0 radical (unpaired) electrons. The quantitative estimate of drug-likeness (QED) is 0.762. The summed E-state index contributed by atoms with van der Waals surface area (Å²) in [5, 5.41) is 14.6. The molecule has 4 nitrogen and oxygen atoms in total. The van der Waals surface area contributed by atoms with E-state index < -0.39 is 0 Å². The summed E-state index contributed by atoms with van der Waals surface area (Å²) in [7, 11) is 0. The van der Waals surface area contributed by atoms with Gasteiger partial charge < -0.3 is 15.7 Å². The van der Waals surface area contributed by atoms with Crippen LogP contribution in [0.15, 0.2) is 48.5 Å². The maximum Gasteiger partial charge on any atom is 0.238 e. The zero-order valence-electron chi connectivity index (χ0n) is 11.5. The average molecular weight is 288 g/mol. The fourth-order valence-electron chi connectivity index (χ4n) is 1.85. The maximum absolute atomic E-state index is 13.0. The van der Waals surface area contributed by atoms with E-state index in [1.165, 1.54) is 12.1 Å². The minimum atomic E-state index is -0.385. The van der Waals surface area contributed by atoms with Crippen LogP contribution < -0.4 is 10.6 Å². The van der Waals surface area contributed by atoms with Gasteiger partial charge in [0.1, 0.15) is 5.82 Å². The summed E-state index contributed by atoms with van der Waals surface area (Å²) >= 11 is 0. The number of anilines is 1. The van der Waals surface area contributed by atoms with E-state index in [4.69, 9.17) is 5.11 Å². The second-order valence-corrected chi connectivity index (χ2v) is 4.64. The number of carbonyl (C=O) groups excluding carboxylic acids is 1. The number of nitrogens with one attached hydrogen (secondary N) is 2. The van der Waals surface area contributed by atoms with Gasteiger partial charge in [-0.1, -0.05) is 30.3 Å². The van der Waals surface area contributed by atoms with Crippen molar-refractivity contribution in [3.8, 4) is 0 Å². The van der Waals surface area contributed by atoms with Crippen LogP contribution >= 0.6 is 0 Å². The Morgan fingerprint density at radius 1 is 1.10 bits per heavy atom. The molecule has 110 valence electrons. The van der Waals surface area contributed by atoms with Crippen molar-refractivity contribution in [3.05, 3.63) is 65.5 Å². The first-order chi connectivity index (χ1) is 10.2. The molecule has 0 aliphatic heterocycles. The van der Waals surface area contributed by atoms with Crippen molar-refractivity contribution in [3.63, 3.8) is 0 Å². The highest BCUT2D eigenvalue weighted by Crippen LogP contribution is 2.08. The number of hydrogen-bond acceptors (Lipinski definition) is 3. The number of amides is 1. The number of halogens is 1. The van der Waals surface area contributed by atoms with E-state index in [0.29, 0.717) is 12.2 Å². The van der Waals surface area contributed by atoms with Crippen LogP contribution in [0.25, 0.3) is 0 Å². The van der Waals surface area contributed by atoms with Gasteiger partial charge >= 0.3 is 0 Å². The third-order valence-corrected chi connectivity index (χ3v) is 2.93. The Morgan fingerprint density at radius 2 is 1.81 bits per heavy atom. The zero-order valence-corrected chi connectivity index (χ0v) is 11.5. The first-order valence-electron chi connectivity index (χ1n) is 6.62. The van der Waals surface area contributed by atoms with Gasteiger partial charge in [-0.15, -0.1) is 0 Å². The van der Waals surface area contributed by atoms with Crippen molar-refractivity contribution in [1.29, 1.82) is 0 Å². The molecular formula is C16H17FN2O2. The Kier molecular flexibility index (Phi) is 5.43. The van der Waals surface area contributed by atoms with Gasteiger partial charge in [-0.25, -0.2) is 4.39 Å². The van der Waals surface area contributed by atoms with Gasteiger partial charge in [-0.05, 0) is 29.3 Å². The molecule has 0 aliphatic rings. The summed E-state index contributed by atoms with van der Waals surface area (Å²) in [5.74, 6) is -0.614. The van der Waals surface area contributed by atoms with E-state index in [2.05, 4.69) is 10.6 Å². The highest BCUT2D eigenvalue weighted by molar-refractivity contribution is 5.92. The van der Waals surface area contributed by atoms with Gasteiger partial charge in [-0.2, -0.15) is 0 Å². The van der Waals surface area contributed by atoms with Gasteiger partial charge in [0, 0.05) is 12.2 Å². The van der Waals surface area contributed by atoms with E-state index in [-0.39, 0.29) is 24.9 Å². The van der Waals surface area contributed by atoms with Crippen molar-refractivity contribution >= 4 is 11.6 Å². The second-order valence-electron chi connectivity index (χ2n) is 4.64. The molecule has 0 spiro atoms. The number of benzene rings is 2. The molecule has 2 aromatic carbocycles. The number of hydrogen-bond donors (Lipinski definition) is 3. The molecule has 0 saturated heterocycles. The molecule has 0 aliphatic carbocycles. The lowest BCUT2D eigenvalue weighted by molar-refractivity contribution is -0.115. The van der Waals surface area contributed by atoms with Crippen LogP contribution in [-0.4, -0.2) is 17.6 Å². The summed E-state index contributed by atoms with van der Waals surface area (Å²) in [5.41, 5.74) is 2.31. The van der Waals surface area contributed by atoms with Gasteiger partial charge in [0.05, 0.1) is 13.2 Å². The Hall–Kier alpha value is -2.24. The molecule has 2 aromatic rings. The lowest BCUT2D eigenvalue weighted by Crippen LogP contribution is -2.27. The van der Waals surface area contributed by atoms with Crippen molar-refractivity contribution in [1.82, 2.24) is 5.32 Å². The standard InChI is InChI=1S/C16H17FN2O2/c17-14-2-1-3-15(8-14)19-16(21)10-18-9-12-4-6-13(11-20)7-5-12/h1-8,18,20H,9-11H2,(H,19,21). The zero-order chi connectivity index (χ0) is 15.1. The average Bonchev–Trinajstić information content (AvgIpc) is 2.48. The molecule has 0 atom stereocenters. The van der Waals surface area contributed by atoms with Crippen LogP contribution in [0.5, 0.6) is 0 Å². The highest BCUT2D eigenvalue weighted by atomic mass is 19.1. The van der Waals surface area contributed by atoms with E-state index in [1.54, 1.807) is 12.1 Å². The first-order valence-corrected chi connectivity index (χ1v) is 6.62. The maximum atomic E-state index is 13.0. The Bertz CT molecular complexity index is 599. The number of rotatable bonds is 6. The molecule has 2 rings (SSSR count). The normalized spacial score (nSPS) is 10.4. The number of carbonyl (C=O) groups is 1. The molecule has 3 N–H and O–H groups in total.